The molecule has 0 saturated carbocycles. The van der Waals surface area contributed by atoms with Gasteiger partial charge in [-0.3, -0.25) is 14.5 Å². The Morgan fingerprint density at radius 2 is 1.71 bits per heavy atom. The zero-order chi connectivity index (χ0) is 24.4. The van der Waals surface area contributed by atoms with Gasteiger partial charge in [-0.15, -0.1) is 0 Å². The number of amides is 1. The van der Waals surface area contributed by atoms with Crippen molar-refractivity contribution in [2.75, 3.05) is 4.90 Å². The first-order valence-corrected chi connectivity index (χ1v) is 11.6. The summed E-state index contributed by atoms with van der Waals surface area (Å²) in [7, 11) is 0. The predicted molar refractivity (Wildman–Crippen MR) is 129 cm³/mol. The molecule has 0 N–H and O–H groups in total. The predicted octanol–water partition coefficient (Wildman–Crippen LogP) is 5.80. The largest absolute Gasteiger partial charge is 0.489 e. The second-order valence-corrected chi connectivity index (χ2v) is 8.73. The number of allylic oxidation sites excluding steroid dienone is 2. The fraction of sp³-hybridized carbons (Fsp3) is 0.207. The van der Waals surface area contributed by atoms with E-state index in [1.54, 1.807) is 59.5 Å². The fourth-order valence-electron chi connectivity index (χ4n) is 4.84. The van der Waals surface area contributed by atoms with Gasteiger partial charge >= 0.3 is 0 Å². The Hall–Kier alpha value is -4.24. The number of carbonyl (C=O) groups is 2. The van der Waals surface area contributed by atoms with Gasteiger partial charge in [0.15, 0.2) is 5.78 Å². The minimum atomic E-state index is -0.319. The Morgan fingerprint density at radius 1 is 0.971 bits per heavy atom. The molecule has 1 aliphatic carbocycles. The van der Waals surface area contributed by atoms with Crippen molar-refractivity contribution in [2.45, 2.75) is 38.2 Å². The molecule has 1 aliphatic heterocycles. The first-order valence-electron chi connectivity index (χ1n) is 11.6. The van der Waals surface area contributed by atoms with E-state index in [-0.39, 0.29) is 36.5 Å². The number of Topliss-reactive ketones (excluding diaryl/α,β-unsaturated/α-hetero) is 1. The maximum absolute atomic E-state index is 13.9. The van der Waals surface area contributed by atoms with Gasteiger partial charge in [-0.25, -0.2) is 4.39 Å². The number of anilines is 1. The van der Waals surface area contributed by atoms with Crippen molar-refractivity contribution < 1.29 is 18.7 Å². The highest BCUT2D eigenvalue weighted by Crippen LogP contribution is 2.43. The van der Waals surface area contributed by atoms with Gasteiger partial charge < -0.3 is 4.74 Å². The third-order valence-electron chi connectivity index (χ3n) is 6.56. The molecule has 1 amide bonds. The van der Waals surface area contributed by atoms with E-state index in [1.165, 1.54) is 6.07 Å². The second kappa shape index (κ2) is 9.55. The molecule has 3 aromatic rings. The summed E-state index contributed by atoms with van der Waals surface area (Å²) in [5.41, 5.74) is 3.99. The number of ketones is 1. The van der Waals surface area contributed by atoms with Crippen molar-refractivity contribution in [1.82, 2.24) is 0 Å². The number of nitrogens with zero attached hydrogens (tertiary/aromatic N) is 2. The van der Waals surface area contributed by atoms with Gasteiger partial charge in [0.2, 0.25) is 5.91 Å². The molecule has 5 rings (SSSR count). The summed E-state index contributed by atoms with van der Waals surface area (Å²) in [5.74, 6) is -0.0506. The molecule has 1 unspecified atom stereocenters. The average Bonchev–Trinajstić information content (AvgIpc) is 2.88. The zero-order valence-corrected chi connectivity index (χ0v) is 19.0. The van der Waals surface area contributed by atoms with Crippen LogP contribution in [0.25, 0.3) is 0 Å². The average molecular weight is 467 g/mol. The highest BCUT2D eigenvalue weighted by molar-refractivity contribution is 6.07. The molecule has 6 heteroatoms. The van der Waals surface area contributed by atoms with Crippen LogP contribution in [0.2, 0.25) is 0 Å². The Bertz CT molecular complexity index is 1350. The number of benzene rings is 3. The summed E-state index contributed by atoms with van der Waals surface area (Å²) in [6.07, 6.45) is 2.00. The molecule has 0 spiro atoms. The van der Waals surface area contributed by atoms with E-state index in [0.29, 0.717) is 47.4 Å². The van der Waals surface area contributed by atoms with Crippen molar-refractivity contribution in [3.8, 4) is 11.8 Å². The van der Waals surface area contributed by atoms with E-state index in [0.717, 1.165) is 11.3 Å². The van der Waals surface area contributed by atoms with E-state index >= 15 is 0 Å². The summed E-state index contributed by atoms with van der Waals surface area (Å²) in [6.45, 7) is 0.112. The van der Waals surface area contributed by atoms with Crippen LogP contribution in [0.3, 0.4) is 0 Å². The monoisotopic (exact) mass is 466 g/mol. The van der Waals surface area contributed by atoms with Gasteiger partial charge in [0.05, 0.1) is 11.6 Å². The number of carbonyl (C=O) groups excluding carboxylic acids is 2. The lowest BCUT2D eigenvalue weighted by Gasteiger charge is -2.38. The summed E-state index contributed by atoms with van der Waals surface area (Å²) in [6, 6.07) is 22.8. The molecule has 0 fully saturated rings. The molecule has 174 valence electrons. The van der Waals surface area contributed by atoms with E-state index in [9.17, 15) is 14.0 Å². The molecule has 5 nitrogen and oxygen atoms in total. The van der Waals surface area contributed by atoms with Crippen LogP contribution in [-0.4, -0.2) is 11.7 Å². The van der Waals surface area contributed by atoms with Gasteiger partial charge in [-0.2, -0.15) is 5.26 Å². The first kappa shape index (κ1) is 22.5. The Morgan fingerprint density at radius 3 is 2.43 bits per heavy atom. The SMILES string of the molecule is N#Cc1ccc(N2C(=O)CC(c3ccc(OCc4ccccc4F)cc3)C3=C2CCCC3=O)cc1. The quantitative estimate of drug-likeness (QED) is 0.476. The minimum Gasteiger partial charge on any atom is -0.489 e. The van der Waals surface area contributed by atoms with Crippen molar-refractivity contribution in [3.63, 3.8) is 0 Å². The lowest BCUT2D eigenvalue weighted by atomic mass is 9.77. The summed E-state index contributed by atoms with van der Waals surface area (Å²) in [4.78, 5) is 28.0. The Balaban J connectivity index is 1.42. The highest BCUT2D eigenvalue weighted by Gasteiger charge is 2.39. The van der Waals surface area contributed by atoms with Gasteiger partial charge in [0, 0.05) is 41.3 Å². The number of nitriles is 1. The molecule has 35 heavy (non-hydrogen) atoms. The van der Waals surface area contributed by atoms with Crippen LogP contribution < -0.4 is 9.64 Å². The molecule has 0 bridgehead atoms. The number of rotatable bonds is 5. The van der Waals surface area contributed by atoms with Gasteiger partial charge in [-0.1, -0.05) is 30.3 Å². The van der Waals surface area contributed by atoms with Crippen LogP contribution in [-0.2, 0) is 16.2 Å². The number of hydrogen-bond donors (Lipinski definition) is 0. The van der Waals surface area contributed by atoms with Crippen LogP contribution in [0.4, 0.5) is 10.1 Å². The van der Waals surface area contributed by atoms with Crippen molar-refractivity contribution in [3.05, 3.63) is 107 Å². The maximum Gasteiger partial charge on any atom is 0.232 e. The lowest BCUT2D eigenvalue weighted by Crippen LogP contribution is -2.40. The van der Waals surface area contributed by atoms with E-state index in [2.05, 4.69) is 6.07 Å². The third-order valence-corrected chi connectivity index (χ3v) is 6.56. The van der Waals surface area contributed by atoms with Gasteiger partial charge in [-0.05, 0) is 60.9 Å². The minimum absolute atomic E-state index is 0.0716. The molecule has 0 aromatic heterocycles. The fourth-order valence-corrected chi connectivity index (χ4v) is 4.84. The van der Waals surface area contributed by atoms with Crippen molar-refractivity contribution in [2.24, 2.45) is 0 Å². The van der Waals surface area contributed by atoms with E-state index in [1.807, 2.05) is 12.1 Å². The lowest BCUT2D eigenvalue weighted by molar-refractivity contribution is -0.119. The van der Waals surface area contributed by atoms with Gasteiger partial charge in [0.25, 0.3) is 0 Å². The Kier molecular flexibility index (Phi) is 6.15. The summed E-state index contributed by atoms with van der Waals surface area (Å²) >= 11 is 0. The number of hydrogen-bond acceptors (Lipinski definition) is 4. The molecule has 0 saturated heterocycles. The number of halogens is 1. The zero-order valence-electron chi connectivity index (χ0n) is 19.0. The van der Waals surface area contributed by atoms with Crippen molar-refractivity contribution >= 4 is 17.4 Å². The summed E-state index contributed by atoms with van der Waals surface area (Å²) in [5, 5.41) is 9.09. The Labute approximate surface area is 203 Å². The molecule has 1 heterocycles. The van der Waals surface area contributed by atoms with Crippen LogP contribution >= 0.6 is 0 Å². The van der Waals surface area contributed by atoms with E-state index < -0.39 is 0 Å². The maximum atomic E-state index is 13.9. The standard InChI is InChI=1S/C29H23FN2O3/c30-25-5-2-1-4-21(25)18-35-23-14-10-20(11-15-23)24-16-28(34)32(22-12-8-19(17-31)9-13-22)26-6-3-7-27(33)29(24)26/h1-2,4-5,8-15,24H,3,6-7,16,18H2. The van der Waals surface area contributed by atoms with Crippen LogP contribution in [0.5, 0.6) is 5.75 Å². The topological polar surface area (TPSA) is 70.4 Å². The van der Waals surface area contributed by atoms with Crippen LogP contribution in [0, 0.1) is 17.1 Å². The number of ether oxygens (including phenoxy) is 1. The summed E-state index contributed by atoms with van der Waals surface area (Å²) < 4.78 is 19.6. The van der Waals surface area contributed by atoms with Crippen molar-refractivity contribution in [1.29, 1.82) is 5.26 Å². The second-order valence-electron chi connectivity index (χ2n) is 8.73. The van der Waals surface area contributed by atoms with Gasteiger partial charge in [0.1, 0.15) is 18.2 Å². The smallest absolute Gasteiger partial charge is 0.232 e. The molecular formula is C29H23FN2O3. The third kappa shape index (κ3) is 4.45. The molecule has 2 aliphatic rings. The molecule has 0 radical (unpaired) electrons. The molecule has 1 atom stereocenters. The normalized spacial score (nSPS) is 17.7. The highest BCUT2D eigenvalue weighted by atomic mass is 19.1. The molecular weight excluding hydrogens is 443 g/mol. The van der Waals surface area contributed by atoms with Crippen LogP contribution in [0.15, 0.2) is 84.1 Å². The van der Waals surface area contributed by atoms with E-state index in [4.69, 9.17) is 10.00 Å². The van der Waals surface area contributed by atoms with Crippen LogP contribution in [0.1, 0.15) is 48.3 Å². The first-order chi connectivity index (χ1) is 17.0. The molecule has 3 aromatic carbocycles.